The summed E-state index contributed by atoms with van der Waals surface area (Å²) < 4.78 is 12.8. The molecule has 0 atom stereocenters. The van der Waals surface area contributed by atoms with Gasteiger partial charge in [-0.25, -0.2) is 4.98 Å². The van der Waals surface area contributed by atoms with Crippen LogP contribution < -0.4 is 5.32 Å². The minimum atomic E-state index is 0.286. The summed E-state index contributed by atoms with van der Waals surface area (Å²) in [6, 6.07) is 12.8. The minimum Gasteiger partial charge on any atom is -0.377 e. The number of pyridine rings is 1. The van der Waals surface area contributed by atoms with Gasteiger partial charge in [-0.2, -0.15) is 4.98 Å². The molecule has 4 aromatic rings. The highest BCUT2D eigenvalue weighted by molar-refractivity contribution is 5.82. The fourth-order valence-electron chi connectivity index (χ4n) is 3.58. The number of rotatable bonds is 5. The topological polar surface area (TPSA) is 78.0 Å². The van der Waals surface area contributed by atoms with Crippen LogP contribution in [0.3, 0.4) is 0 Å². The van der Waals surface area contributed by atoms with Crippen LogP contribution in [0, 0.1) is 13.8 Å². The van der Waals surface area contributed by atoms with Crippen molar-refractivity contribution in [3.63, 3.8) is 0 Å². The lowest BCUT2D eigenvalue weighted by Crippen LogP contribution is -2.41. The van der Waals surface area contributed by atoms with E-state index in [1.807, 2.05) is 26.1 Å². The maximum atomic E-state index is 5.34. The minimum absolute atomic E-state index is 0.286. The number of nitrogens with one attached hydrogen (secondary N) is 1. The van der Waals surface area contributed by atoms with Crippen LogP contribution in [0.25, 0.3) is 22.3 Å². The summed E-state index contributed by atoms with van der Waals surface area (Å²) in [5, 5.41) is 7.56. The summed E-state index contributed by atoms with van der Waals surface area (Å²) in [7, 11) is 0. The molecule has 0 saturated carbocycles. The third-order valence-electron chi connectivity index (χ3n) is 5.08. The Labute approximate surface area is 162 Å². The van der Waals surface area contributed by atoms with Crippen molar-refractivity contribution in [2.45, 2.75) is 26.4 Å². The van der Waals surface area contributed by atoms with Crippen molar-refractivity contribution in [3.05, 3.63) is 59.6 Å². The van der Waals surface area contributed by atoms with Crippen LogP contribution >= 0.6 is 0 Å². The predicted octanol–water partition coefficient (Wildman–Crippen LogP) is 3.56. The van der Waals surface area contributed by atoms with Crippen LogP contribution in [0.15, 0.2) is 47.1 Å². The predicted molar refractivity (Wildman–Crippen MR) is 106 cm³/mol. The highest BCUT2D eigenvalue weighted by Gasteiger charge is 2.22. The second-order valence-electron chi connectivity index (χ2n) is 7.15. The van der Waals surface area contributed by atoms with E-state index in [9.17, 15) is 0 Å². The smallest absolute Gasteiger partial charge is 0.206 e. The maximum Gasteiger partial charge on any atom is 0.206 e. The first-order valence-electron chi connectivity index (χ1n) is 9.37. The van der Waals surface area contributed by atoms with Crippen molar-refractivity contribution < 1.29 is 9.26 Å². The van der Waals surface area contributed by atoms with E-state index < -0.39 is 0 Å². The number of fused-ring (bicyclic) bond motifs is 1. The number of nitrogens with zero attached hydrogens (tertiary/aromatic N) is 4. The molecule has 0 aliphatic carbocycles. The average molecular weight is 375 g/mol. The van der Waals surface area contributed by atoms with Crippen LogP contribution in [-0.4, -0.2) is 38.9 Å². The summed E-state index contributed by atoms with van der Waals surface area (Å²) in [5.74, 6) is 1.60. The second-order valence-corrected chi connectivity index (χ2v) is 7.15. The van der Waals surface area contributed by atoms with E-state index in [4.69, 9.17) is 14.2 Å². The molecule has 0 bridgehead atoms. The zero-order valence-corrected chi connectivity index (χ0v) is 15.8. The molecular formula is C21H21N5O2. The second kappa shape index (κ2) is 6.76. The van der Waals surface area contributed by atoms with Gasteiger partial charge in [-0.05, 0) is 25.5 Å². The van der Waals surface area contributed by atoms with Gasteiger partial charge in [0.1, 0.15) is 5.76 Å². The monoisotopic (exact) mass is 375 g/mol. The first kappa shape index (κ1) is 16.9. The Bertz CT molecular complexity index is 1110. The highest BCUT2D eigenvalue weighted by Crippen LogP contribution is 2.30. The van der Waals surface area contributed by atoms with Crippen molar-refractivity contribution in [2.75, 3.05) is 18.5 Å². The van der Waals surface area contributed by atoms with Gasteiger partial charge >= 0.3 is 0 Å². The molecule has 28 heavy (non-hydrogen) atoms. The van der Waals surface area contributed by atoms with E-state index in [1.54, 1.807) is 0 Å². The molecule has 7 nitrogen and oxygen atoms in total. The Balaban J connectivity index is 1.63. The van der Waals surface area contributed by atoms with E-state index in [-0.39, 0.29) is 6.04 Å². The molecule has 142 valence electrons. The first-order valence-corrected chi connectivity index (χ1v) is 9.37. The molecule has 0 amide bonds. The van der Waals surface area contributed by atoms with Gasteiger partial charge in [0, 0.05) is 17.3 Å². The first-order chi connectivity index (χ1) is 13.7. The van der Waals surface area contributed by atoms with Crippen LogP contribution in [0.2, 0.25) is 0 Å². The van der Waals surface area contributed by atoms with Gasteiger partial charge < -0.3 is 19.1 Å². The fraction of sp³-hybridized carbons (Fsp3) is 0.286. The summed E-state index contributed by atoms with van der Waals surface area (Å²) in [6.07, 6.45) is 1.84. The van der Waals surface area contributed by atoms with Crippen molar-refractivity contribution in [1.29, 1.82) is 0 Å². The SMILES string of the molecule is Cc1noc(C)c1-c1cnc2nc(NC3COC3)n(Cc3ccccc3)c2c1. The number of hydrogen-bond acceptors (Lipinski definition) is 6. The third-order valence-corrected chi connectivity index (χ3v) is 5.08. The number of aromatic nitrogens is 4. The van der Waals surface area contributed by atoms with Crippen LogP contribution in [-0.2, 0) is 11.3 Å². The Morgan fingerprint density at radius 3 is 2.68 bits per heavy atom. The number of imidazole rings is 1. The lowest BCUT2D eigenvalue weighted by Gasteiger charge is -2.27. The lowest BCUT2D eigenvalue weighted by molar-refractivity contribution is 0.0207. The van der Waals surface area contributed by atoms with Gasteiger partial charge in [0.2, 0.25) is 5.95 Å². The van der Waals surface area contributed by atoms with Crippen LogP contribution in [0.5, 0.6) is 0 Å². The average Bonchev–Trinajstić information content (AvgIpc) is 3.18. The lowest BCUT2D eigenvalue weighted by atomic mass is 10.1. The Kier molecular flexibility index (Phi) is 4.09. The van der Waals surface area contributed by atoms with Gasteiger partial charge in [-0.1, -0.05) is 35.5 Å². The van der Waals surface area contributed by atoms with Crippen molar-refractivity contribution in [3.8, 4) is 11.1 Å². The normalized spacial score (nSPS) is 14.4. The van der Waals surface area contributed by atoms with Gasteiger partial charge in [0.25, 0.3) is 0 Å². The number of anilines is 1. The summed E-state index contributed by atoms with van der Waals surface area (Å²) in [4.78, 5) is 9.36. The fourth-order valence-corrected chi connectivity index (χ4v) is 3.58. The summed E-state index contributed by atoms with van der Waals surface area (Å²) >= 11 is 0. The molecule has 0 radical (unpaired) electrons. The molecule has 1 fully saturated rings. The van der Waals surface area contributed by atoms with E-state index in [2.05, 4.69) is 50.4 Å². The third kappa shape index (κ3) is 2.93. The van der Waals surface area contributed by atoms with Crippen molar-refractivity contribution in [2.24, 2.45) is 0 Å². The molecule has 5 rings (SSSR count). The molecule has 1 N–H and O–H groups in total. The zero-order valence-electron chi connectivity index (χ0n) is 15.8. The summed E-state index contributed by atoms with van der Waals surface area (Å²) in [6.45, 7) is 5.98. The molecule has 1 aliphatic heterocycles. The Morgan fingerprint density at radius 2 is 2.00 bits per heavy atom. The zero-order chi connectivity index (χ0) is 19.1. The molecular weight excluding hydrogens is 354 g/mol. The maximum absolute atomic E-state index is 5.34. The largest absolute Gasteiger partial charge is 0.377 e. The molecule has 4 heterocycles. The van der Waals surface area contributed by atoms with Gasteiger partial charge in [0.15, 0.2) is 5.65 Å². The van der Waals surface area contributed by atoms with E-state index in [1.165, 1.54) is 5.56 Å². The number of ether oxygens (including phenoxy) is 1. The van der Waals surface area contributed by atoms with E-state index >= 15 is 0 Å². The molecule has 7 heteroatoms. The standard InChI is InChI=1S/C21H21N5O2/c1-13-19(14(2)28-25-13)16-8-18-20(22-9-16)24-21(23-17-11-27-12-17)26(18)10-15-6-4-3-5-7-15/h3-9,17H,10-12H2,1-2H3,(H,22,23,24). The molecule has 0 unspecified atom stereocenters. The van der Waals surface area contributed by atoms with Gasteiger partial charge in [-0.15, -0.1) is 0 Å². The Morgan fingerprint density at radius 1 is 1.18 bits per heavy atom. The van der Waals surface area contributed by atoms with E-state index in [0.717, 1.165) is 34.0 Å². The Hall–Kier alpha value is -3.19. The van der Waals surface area contributed by atoms with Gasteiger partial charge in [0.05, 0.1) is 37.0 Å². The molecule has 0 spiro atoms. The molecule has 1 aromatic carbocycles. The molecule has 1 aliphatic rings. The van der Waals surface area contributed by atoms with Crippen LogP contribution in [0.1, 0.15) is 17.0 Å². The molecule has 1 saturated heterocycles. The van der Waals surface area contributed by atoms with Crippen LogP contribution in [0.4, 0.5) is 5.95 Å². The molecule has 3 aromatic heterocycles. The number of hydrogen-bond donors (Lipinski definition) is 1. The number of benzene rings is 1. The number of aryl methyl sites for hydroxylation is 2. The quantitative estimate of drug-likeness (QED) is 0.575. The summed E-state index contributed by atoms with van der Waals surface area (Å²) in [5.41, 5.74) is 5.73. The highest BCUT2D eigenvalue weighted by atomic mass is 16.5. The van der Waals surface area contributed by atoms with Crippen molar-refractivity contribution >= 4 is 17.1 Å². The van der Waals surface area contributed by atoms with Crippen molar-refractivity contribution in [1.82, 2.24) is 19.7 Å². The van der Waals surface area contributed by atoms with E-state index in [0.29, 0.717) is 25.4 Å². The van der Waals surface area contributed by atoms with Gasteiger partial charge in [-0.3, -0.25) is 0 Å².